The Morgan fingerprint density at radius 3 is 2.84 bits per heavy atom. The summed E-state index contributed by atoms with van der Waals surface area (Å²) < 4.78 is 13.7. The van der Waals surface area contributed by atoms with E-state index in [-0.39, 0.29) is 5.82 Å². The molecule has 1 aromatic rings. The fourth-order valence-corrected chi connectivity index (χ4v) is 2.85. The number of hydrogen-bond acceptors (Lipinski definition) is 3. The van der Waals surface area contributed by atoms with Crippen molar-refractivity contribution in [2.24, 2.45) is 4.99 Å². The molecular weight excluding hydrogens is 241 g/mol. The van der Waals surface area contributed by atoms with E-state index in [0.29, 0.717) is 12.0 Å². The van der Waals surface area contributed by atoms with Gasteiger partial charge in [-0.15, -0.1) is 0 Å². The van der Waals surface area contributed by atoms with Gasteiger partial charge in [-0.25, -0.2) is 4.39 Å². The van der Waals surface area contributed by atoms with Gasteiger partial charge in [-0.2, -0.15) is 0 Å². The summed E-state index contributed by atoms with van der Waals surface area (Å²) in [5.74, 6) is 1.29. The highest BCUT2D eigenvalue weighted by Crippen LogP contribution is 2.38. The Balaban J connectivity index is 1.56. The second-order valence-corrected chi connectivity index (χ2v) is 5.51. The molecule has 1 aliphatic heterocycles. The van der Waals surface area contributed by atoms with E-state index in [2.05, 4.69) is 22.3 Å². The van der Waals surface area contributed by atoms with Gasteiger partial charge in [-0.3, -0.25) is 4.99 Å². The van der Waals surface area contributed by atoms with Crippen molar-refractivity contribution in [3.8, 4) is 0 Å². The predicted octanol–water partition coefficient (Wildman–Crippen LogP) is 2.35. The Bertz CT molecular complexity index is 480. The lowest BCUT2D eigenvalue weighted by Gasteiger charge is -2.39. The van der Waals surface area contributed by atoms with E-state index < -0.39 is 0 Å². The molecule has 0 saturated heterocycles. The Morgan fingerprint density at radius 1 is 1.32 bits per heavy atom. The lowest BCUT2D eigenvalue weighted by Crippen LogP contribution is -2.50. The molecule has 102 valence electrons. The largest absolute Gasteiger partial charge is 0.353 e. The zero-order valence-electron chi connectivity index (χ0n) is 11.3. The third kappa shape index (κ3) is 2.57. The smallest absolute Gasteiger partial charge is 0.193 e. The number of aliphatic imine (C=N–C) groups is 1. The van der Waals surface area contributed by atoms with E-state index in [1.807, 2.05) is 12.1 Å². The van der Waals surface area contributed by atoms with Gasteiger partial charge in [0.15, 0.2) is 5.96 Å². The number of benzene rings is 1. The van der Waals surface area contributed by atoms with Crippen LogP contribution in [-0.2, 0) is 0 Å². The van der Waals surface area contributed by atoms with Crippen molar-refractivity contribution in [3.05, 3.63) is 35.6 Å². The molecule has 2 aliphatic rings. The molecule has 1 N–H and O–H groups in total. The zero-order valence-corrected chi connectivity index (χ0v) is 11.3. The van der Waals surface area contributed by atoms with Crippen LogP contribution in [0.1, 0.15) is 30.7 Å². The van der Waals surface area contributed by atoms with Crippen molar-refractivity contribution in [2.45, 2.75) is 31.2 Å². The summed E-state index contributed by atoms with van der Waals surface area (Å²) in [5.41, 5.74) is 0.861. The summed E-state index contributed by atoms with van der Waals surface area (Å²) >= 11 is 0. The van der Waals surface area contributed by atoms with E-state index in [4.69, 9.17) is 0 Å². The molecule has 3 rings (SSSR count). The summed E-state index contributed by atoms with van der Waals surface area (Å²) in [5, 5.41) is 3.48. The molecule has 4 heteroatoms. The second kappa shape index (κ2) is 5.19. The van der Waals surface area contributed by atoms with Crippen LogP contribution in [0.25, 0.3) is 0 Å². The van der Waals surface area contributed by atoms with E-state index in [0.717, 1.165) is 43.9 Å². The molecular formula is C15H20FN3. The number of nitrogens with one attached hydrogen (secondary N) is 1. The van der Waals surface area contributed by atoms with Crippen LogP contribution in [0.4, 0.5) is 4.39 Å². The van der Waals surface area contributed by atoms with Gasteiger partial charge in [0, 0.05) is 26.2 Å². The van der Waals surface area contributed by atoms with Gasteiger partial charge < -0.3 is 10.2 Å². The lowest BCUT2D eigenvalue weighted by molar-refractivity contribution is 0.302. The minimum Gasteiger partial charge on any atom is -0.353 e. The highest BCUT2D eigenvalue weighted by atomic mass is 19.1. The van der Waals surface area contributed by atoms with Crippen LogP contribution in [0, 0.1) is 5.82 Å². The highest BCUT2D eigenvalue weighted by Gasteiger charge is 2.33. The van der Waals surface area contributed by atoms with Crippen LogP contribution in [-0.4, -0.2) is 37.0 Å². The topological polar surface area (TPSA) is 27.6 Å². The van der Waals surface area contributed by atoms with E-state index >= 15 is 0 Å². The fraction of sp³-hybridized carbons (Fsp3) is 0.533. The Hall–Kier alpha value is -1.58. The van der Waals surface area contributed by atoms with Crippen molar-refractivity contribution in [3.63, 3.8) is 0 Å². The van der Waals surface area contributed by atoms with Gasteiger partial charge in [-0.05, 0) is 36.8 Å². The summed E-state index contributed by atoms with van der Waals surface area (Å²) in [6, 6.07) is 7.55. The van der Waals surface area contributed by atoms with Crippen LogP contribution in [0.2, 0.25) is 0 Å². The van der Waals surface area contributed by atoms with Crippen LogP contribution >= 0.6 is 0 Å². The summed E-state index contributed by atoms with van der Waals surface area (Å²) in [6.45, 7) is 1.98. The maximum Gasteiger partial charge on any atom is 0.193 e. The van der Waals surface area contributed by atoms with Gasteiger partial charge in [0.2, 0.25) is 0 Å². The first-order chi connectivity index (χ1) is 9.24. The van der Waals surface area contributed by atoms with E-state index in [1.165, 1.54) is 0 Å². The maximum atomic E-state index is 13.7. The fourth-order valence-electron chi connectivity index (χ4n) is 2.85. The molecule has 1 heterocycles. The van der Waals surface area contributed by atoms with Crippen molar-refractivity contribution >= 4 is 5.96 Å². The van der Waals surface area contributed by atoms with Crippen molar-refractivity contribution in [1.82, 2.24) is 10.2 Å². The van der Waals surface area contributed by atoms with Crippen molar-refractivity contribution < 1.29 is 4.39 Å². The lowest BCUT2D eigenvalue weighted by atomic mass is 9.75. The average molecular weight is 261 g/mol. The molecule has 3 nitrogen and oxygen atoms in total. The average Bonchev–Trinajstić information content (AvgIpc) is 2.37. The number of hydrogen-bond donors (Lipinski definition) is 1. The third-order valence-electron chi connectivity index (χ3n) is 4.09. The number of rotatable bonds is 2. The van der Waals surface area contributed by atoms with Crippen molar-refractivity contribution in [1.29, 1.82) is 0 Å². The molecule has 1 fully saturated rings. The molecule has 0 radical (unpaired) electrons. The predicted molar refractivity (Wildman–Crippen MR) is 74.8 cm³/mol. The summed E-state index contributed by atoms with van der Waals surface area (Å²) in [7, 11) is 2.07. The van der Waals surface area contributed by atoms with E-state index in [9.17, 15) is 4.39 Å². The SMILES string of the molecule is CN1CCCN=C1NC1CC(c2ccccc2F)C1. The van der Waals surface area contributed by atoms with Gasteiger partial charge in [0.1, 0.15) is 5.82 Å². The van der Waals surface area contributed by atoms with Crippen LogP contribution in [0.5, 0.6) is 0 Å². The normalized spacial score (nSPS) is 26.6. The maximum absolute atomic E-state index is 13.7. The monoisotopic (exact) mass is 261 g/mol. The highest BCUT2D eigenvalue weighted by molar-refractivity contribution is 5.80. The molecule has 0 amide bonds. The number of nitrogens with zero attached hydrogens (tertiary/aromatic N) is 2. The summed E-state index contributed by atoms with van der Waals surface area (Å²) in [4.78, 5) is 6.67. The van der Waals surface area contributed by atoms with Crippen LogP contribution < -0.4 is 5.32 Å². The molecule has 0 spiro atoms. The van der Waals surface area contributed by atoms with Crippen LogP contribution in [0.15, 0.2) is 29.3 Å². The minimum atomic E-state index is -0.0712. The van der Waals surface area contributed by atoms with Gasteiger partial charge in [0.05, 0.1) is 0 Å². The second-order valence-electron chi connectivity index (χ2n) is 5.51. The Kier molecular flexibility index (Phi) is 3.40. The van der Waals surface area contributed by atoms with Gasteiger partial charge >= 0.3 is 0 Å². The molecule has 19 heavy (non-hydrogen) atoms. The third-order valence-corrected chi connectivity index (χ3v) is 4.09. The van der Waals surface area contributed by atoms with E-state index in [1.54, 1.807) is 12.1 Å². The Labute approximate surface area is 113 Å². The Morgan fingerprint density at radius 2 is 2.11 bits per heavy atom. The molecule has 1 saturated carbocycles. The zero-order chi connectivity index (χ0) is 13.2. The quantitative estimate of drug-likeness (QED) is 0.885. The molecule has 0 bridgehead atoms. The first-order valence-corrected chi connectivity index (χ1v) is 7.00. The molecule has 0 unspecified atom stereocenters. The van der Waals surface area contributed by atoms with Gasteiger partial charge in [0.25, 0.3) is 0 Å². The first-order valence-electron chi connectivity index (χ1n) is 7.00. The minimum absolute atomic E-state index is 0.0712. The van der Waals surface area contributed by atoms with Crippen molar-refractivity contribution in [2.75, 3.05) is 20.1 Å². The summed E-state index contributed by atoms with van der Waals surface area (Å²) in [6.07, 6.45) is 3.12. The number of halogens is 1. The van der Waals surface area contributed by atoms with Crippen LogP contribution in [0.3, 0.4) is 0 Å². The standard InChI is InChI=1S/C15H20FN3/c1-19-8-4-7-17-15(19)18-12-9-11(10-12)13-5-2-3-6-14(13)16/h2-3,5-6,11-12H,4,7-10H2,1H3,(H,17,18). The molecule has 1 aromatic carbocycles. The molecule has 1 aliphatic carbocycles. The molecule has 0 aromatic heterocycles. The molecule has 0 atom stereocenters. The number of guanidine groups is 1. The first kappa shape index (κ1) is 12.5. The van der Waals surface area contributed by atoms with Gasteiger partial charge in [-0.1, -0.05) is 18.2 Å².